The minimum Gasteiger partial charge on any atom is -0.479 e. The van der Waals surface area contributed by atoms with Crippen LogP contribution in [0.2, 0.25) is 0 Å². The Morgan fingerprint density at radius 1 is 1.09 bits per heavy atom. The predicted molar refractivity (Wildman–Crippen MR) is 88.3 cm³/mol. The SMILES string of the molecule is CC1Oc2ccccc2N(Cc2ccc(C(C)C)cc2)C1=O. The highest BCUT2D eigenvalue weighted by molar-refractivity contribution is 5.99. The molecule has 3 heteroatoms. The van der Waals surface area contributed by atoms with Gasteiger partial charge in [0.15, 0.2) is 6.10 Å². The Morgan fingerprint density at radius 3 is 2.45 bits per heavy atom. The van der Waals surface area contributed by atoms with Gasteiger partial charge in [-0.25, -0.2) is 0 Å². The van der Waals surface area contributed by atoms with E-state index in [-0.39, 0.29) is 5.91 Å². The van der Waals surface area contributed by atoms with E-state index in [0.717, 1.165) is 17.0 Å². The maximum atomic E-state index is 12.5. The topological polar surface area (TPSA) is 29.5 Å². The fourth-order valence-corrected chi connectivity index (χ4v) is 2.71. The van der Waals surface area contributed by atoms with Gasteiger partial charge in [-0.05, 0) is 36.1 Å². The summed E-state index contributed by atoms with van der Waals surface area (Å²) in [6.45, 7) is 6.73. The zero-order valence-corrected chi connectivity index (χ0v) is 13.2. The van der Waals surface area contributed by atoms with E-state index in [2.05, 4.69) is 38.1 Å². The van der Waals surface area contributed by atoms with E-state index in [1.54, 1.807) is 6.92 Å². The van der Waals surface area contributed by atoms with Gasteiger partial charge in [-0.3, -0.25) is 4.79 Å². The van der Waals surface area contributed by atoms with E-state index in [0.29, 0.717) is 12.5 Å². The van der Waals surface area contributed by atoms with Crippen molar-refractivity contribution in [1.82, 2.24) is 0 Å². The van der Waals surface area contributed by atoms with Gasteiger partial charge in [0.1, 0.15) is 5.75 Å². The Morgan fingerprint density at radius 2 is 1.77 bits per heavy atom. The molecule has 22 heavy (non-hydrogen) atoms. The van der Waals surface area contributed by atoms with E-state index >= 15 is 0 Å². The number of benzene rings is 2. The molecule has 0 saturated carbocycles. The van der Waals surface area contributed by atoms with Gasteiger partial charge in [-0.1, -0.05) is 50.2 Å². The Bertz CT molecular complexity index is 676. The third-order valence-corrected chi connectivity index (χ3v) is 4.06. The van der Waals surface area contributed by atoms with Crippen LogP contribution in [0.5, 0.6) is 5.75 Å². The summed E-state index contributed by atoms with van der Waals surface area (Å²) in [4.78, 5) is 14.3. The highest BCUT2D eigenvalue weighted by Gasteiger charge is 2.31. The minimum atomic E-state index is -0.440. The average Bonchev–Trinajstić information content (AvgIpc) is 2.52. The van der Waals surface area contributed by atoms with Crippen LogP contribution >= 0.6 is 0 Å². The van der Waals surface area contributed by atoms with E-state index < -0.39 is 6.10 Å². The van der Waals surface area contributed by atoms with E-state index in [1.165, 1.54) is 5.56 Å². The number of para-hydroxylation sites is 2. The van der Waals surface area contributed by atoms with Crippen LogP contribution in [0.1, 0.15) is 37.8 Å². The fraction of sp³-hybridized carbons (Fsp3) is 0.316. The van der Waals surface area contributed by atoms with Crippen LogP contribution in [-0.4, -0.2) is 12.0 Å². The van der Waals surface area contributed by atoms with Crippen LogP contribution < -0.4 is 9.64 Å². The first kappa shape index (κ1) is 14.6. The lowest BCUT2D eigenvalue weighted by Gasteiger charge is -2.33. The molecule has 3 nitrogen and oxygen atoms in total. The van der Waals surface area contributed by atoms with Gasteiger partial charge in [0.25, 0.3) is 5.91 Å². The normalized spacial score (nSPS) is 17.4. The number of nitrogens with zero attached hydrogens (tertiary/aromatic N) is 1. The maximum Gasteiger partial charge on any atom is 0.268 e. The van der Waals surface area contributed by atoms with Gasteiger partial charge in [0.05, 0.1) is 12.2 Å². The van der Waals surface area contributed by atoms with E-state index in [9.17, 15) is 4.79 Å². The molecule has 1 unspecified atom stereocenters. The third-order valence-electron chi connectivity index (χ3n) is 4.06. The lowest BCUT2D eigenvalue weighted by atomic mass is 10.0. The van der Waals surface area contributed by atoms with Crippen molar-refractivity contribution in [3.8, 4) is 5.75 Å². The van der Waals surface area contributed by atoms with Crippen LogP contribution in [0.25, 0.3) is 0 Å². The Balaban J connectivity index is 1.89. The maximum absolute atomic E-state index is 12.5. The second kappa shape index (κ2) is 5.84. The van der Waals surface area contributed by atoms with Gasteiger partial charge in [-0.2, -0.15) is 0 Å². The van der Waals surface area contributed by atoms with Gasteiger partial charge < -0.3 is 9.64 Å². The van der Waals surface area contributed by atoms with Crippen molar-refractivity contribution in [2.75, 3.05) is 4.90 Å². The molecule has 2 aromatic rings. The molecule has 0 saturated heterocycles. The first-order valence-electron chi connectivity index (χ1n) is 7.72. The average molecular weight is 295 g/mol. The largest absolute Gasteiger partial charge is 0.479 e. The number of hydrogen-bond acceptors (Lipinski definition) is 2. The molecule has 114 valence electrons. The molecular weight excluding hydrogens is 274 g/mol. The first-order chi connectivity index (χ1) is 10.6. The second-order valence-corrected chi connectivity index (χ2v) is 6.05. The summed E-state index contributed by atoms with van der Waals surface area (Å²) in [5, 5.41) is 0. The highest BCUT2D eigenvalue weighted by atomic mass is 16.5. The summed E-state index contributed by atoms with van der Waals surface area (Å²) in [5.41, 5.74) is 3.28. The molecule has 0 radical (unpaired) electrons. The molecule has 1 aliphatic heterocycles. The highest BCUT2D eigenvalue weighted by Crippen LogP contribution is 2.34. The van der Waals surface area contributed by atoms with Gasteiger partial charge >= 0.3 is 0 Å². The molecule has 0 N–H and O–H groups in total. The minimum absolute atomic E-state index is 0.00614. The number of anilines is 1. The molecule has 3 rings (SSSR count). The number of fused-ring (bicyclic) bond motifs is 1. The quantitative estimate of drug-likeness (QED) is 0.852. The number of ether oxygens (including phenoxy) is 1. The van der Waals surface area contributed by atoms with Crippen LogP contribution in [0.15, 0.2) is 48.5 Å². The van der Waals surface area contributed by atoms with E-state index in [1.807, 2.05) is 29.2 Å². The standard InChI is InChI=1S/C19H21NO2/c1-13(2)16-10-8-15(9-11-16)12-20-17-6-4-5-7-18(17)22-14(3)19(20)21/h4-11,13-14H,12H2,1-3H3. The zero-order chi connectivity index (χ0) is 15.7. The monoisotopic (exact) mass is 295 g/mol. The van der Waals surface area contributed by atoms with Crippen molar-refractivity contribution in [1.29, 1.82) is 0 Å². The molecule has 0 fully saturated rings. The zero-order valence-electron chi connectivity index (χ0n) is 13.2. The number of amides is 1. The van der Waals surface area contributed by atoms with Crippen LogP contribution in [0.4, 0.5) is 5.69 Å². The summed E-state index contributed by atoms with van der Waals surface area (Å²) in [7, 11) is 0. The Hall–Kier alpha value is -2.29. The molecular formula is C19H21NO2. The van der Waals surface area contributed by atoms with Crippen LogP contribution in [0.3, 0.4) is 0 Å². The van der Waals surface area contributed by atoms with Crippen LogP contribution in [-0.2, 0) is 11.3 Å². The van der Waals surface area contributed by atoms with Crippen molar-refractivity contribution in [3.05, 3.63) is 59.7 Å². The molecule has 1 heterocycles. The summed E-state index contributed by atoms with van der Waals surface area (Å²) >= 11 is 0. The van der Waals surface area contributed by atoms with Crippen molar-refractivity contribution < 1.29 is 9.53 Å². The van der Waals surface area contributed by atoms with Crippen molar-refractivity contribution in [2.24, 2.45) is 0 Å². The number of carbonyl (C=O) groups is 1. The lowest BCUT2D eigenvalue weighted by molar-refractivity contribution is -0.125. The lowest BCUT2D eigenvalue weighted by Crippen LogP contribution is -2.43. The van der Waals surface area contributed by atoms with Crippen molar-refractivity contribution in [3.63, 3.8) is 0 Å². The summed E-state index contributed by atoms with van der Waals surface area (Å²) in [6.07, 6.45) is -0.440. The summed E-state index contributed by atoms with van der Waals surface area (Å²) < 4.78 is 5.67. The van der Waals surface area contributed by atoms with Crippen molar-refractivity contribution >= 4 is 11.6 Å². The van der Waals surface area contributed by atoms with Gasteiger partial charge in [0.2, 0.25) is 0 Å². The third kappa shape index (κ3) is 2.71. The summed E-state index contributed by atoms with van der Waals surface area (Å²) in [6, 6.07) is 16.2. The second-order valence-electron chi connectivity index (χ2n) is 6.05. The van der Waals surface area contributed by atoms with Crippen LogP contribution in [0, 0.1) is 0 Å². The van der Waals surface area contributed by atoms with Gasteiger partial charge in [-0.15, -0.1) is 0 Å². The molecule has 2 aromatic carbocycles. The molecule has 0 aliphatic carbocycles. The number of rotatable bonds is 3. The van der Waals surface area contributed by atoms with Gasteiger partial charge in [0, 0.05) is 0 Å². The molecule has 0 spiro atoms. The molecule has 1 aliphatic rings. The van der Waals surface area contributed by atoms with Crippen molar-refractivity contribution in [2.45, 2.75) is 39.3 Å². The van der Waals surface area contributed by atoms with E-state index in [4.69, 9.17) is 4.74 Å². The molecule has 0 aromatic heterocycles. The number of carbonyl (C=O) groups excluding carboxylic acids is 1. The first-order valence-corrected chi connectivity index (χ1v) is 7.72. The Kier molecular flexibility index (Phi) is 3.88. The molecule has 1 atom stereocenters. The molecule has 1 amide bonds. The Labute approximate surface area is 131 Å². The molecule has 0 bridgehead atoms. The smallest absolute Gasteiger partial charge is 0.268 e. The predicted octanol–water partition coefficient (Wildman–Crippen LogP) is 4.12. The fourth-order valence-electron chi connectivity index (χ4n) is 2.71. The number of hydrogen-bond donors (Lipinski definition) is 0. The summed E-state index contributed by atoms with van der Waals surface area (Å²) in [5.74, 6) is 1.29.